The summed E-state index contributed by atoms with van der Waals surface area (Å²) in [4.78, 5) is 12.3. The molecule has 4 rings (SSSR count). The Morgan fingerprint density at radius 1 is 0.720 bits per heavy atom. The summed E-state index contributed by atoms with van der Waals surface area (Å²) in [6.07, 6.45) is 0. The van der Waals surface area contributed by atoms with Crippen LogP contribution in [0.4, 0.5) is 11.4 Å². The van der Waals surface area contributed by atoms with Gasteiger partial charge in [-0.25, -0.2) is 0 Å². The minimum atomic E-state index is -0.0665. The molecule has 0 saturated carbocycles. The van der Waals surface area contributed by atoms with Crippen LogP contribution in [0.3, 0.4) is 0 Å². The highest BCUT2D eigenvalue weighted by atomic mass is 16.1. The zero-order chi connectivity index (χ0) is 17.1. The average molecular weight is 326 g/mol. The Bertz CT molecular complexity index is 1050. The summed E-state index contributed by atoms with van der Waals surface area (Å²) in [5, 5.41) is 10.7. The van der Waals surface area contributed by atoms with Gasteiger partial charge in [-0.1, -0.05) is 66.7 Å². The maximum absolute atomic E-state index is 12.3. The van der Waals surface area contributed by atoms with E-state index in [-0.39, 0.29) is 12.5 Å². The van der Waals surface area contributed by atoms with E-state index < -0.39 is 0 Å². The molecule has 0 heterocycles. The van der Waals surface area contributed by atoms with Crippen molar-refractivity contribution in [3.05, 3.63) is 84.9 Å². The number of hydrogen-bond acceptors (Lipinski definition) is 2. The van der Waals surface area contributed by atoms with Crippen molar-refractivity contribution in [2.24, 2.45) is 0 Å². The van der Waals surface area contributed by atoms with Crippen LogP contribution in [0.15, 0.2) is 84.9 Å². The van der Waals surface area contributed by atoms with E-state index in [1.54, 1.807) is 0 Å². The highest BCUT2D eigenvalue weighted by Crippen LogP contribution is 2.23. The predicted octanol–water partition coefficient (Wildman–Crippen LogP) is 5.04. The van der Waals surface area contributed by atoms with Crippen LogP contribution >= 0.6 is 0 Å². The van der Waals surface area contributed by atoms with Gasteiger partial charge in [0.15, 0.2) is 0 Å². The van der Waals surface area contributed by atoms with Gasteiger partial charge < -0.3 is 10.6 Å². The summed E-state index contributed by atoms with van der Waals surface area (Å²) in [5.41, 5.74) is 1.77. The highest BCUT2D eigenvalue weighted by molar-refractivity contribution is 5.99. The monoisotopic (exact) mass is 326 g/mol. The van der Waals surface area contributed by atoms with Gasteiger partial charge in [0, 0.05) is 16.8 Å². The molecule has 4 aromatic carbocycles. The number of benzene rings is 4. The van der Waals surface area contributed by atoms with Crippen molar-refractivity contribution >= 4 is 38.8 Å². The second-order valence-corrected chi connectivity index (χ2v) is 5.99. The minimum absolute atomic E-state index is 0.0665. The molecule has 25 heavy (non-hydrogen) atoms. The molecule has 3 nitrogen and oxygen atoms in total. The second-order valence-electron chi connectivity index (χ2n) is 5.99. The maximum Gasteiger partial charge on any atom is 0.243 e. The summed E-state index contributed by atoms with van der Waals surface area (Å²) in [6, 6.07) is 28.2. The van der Waals surface area contributed by atoms with Crippen molar-refractivity contribution in [1.82, 2.24) is 0 Å². The number of hydrogen-bond donors (Lipinski definition) is 2. The van der Waals surface area contributed by atoms with Gasteiger partial charge in [-0.15, -0.1) is 0 Å². The van der Waals surface area contributed by atoms with E-state index in [1.807, 2.05) is 60.7 Å². The Morgan fingerprint density at radius 3 is 2.32 bits per heavy atom. The van der Waals surface area contributed by atoms with E-state index in [9.17, 15) is 4.79 Å². The fourth-order valence-electron chi connectivity index (χ4n) is 3.03. The lowest BCUT2D eigenvalue weighted by Crippen LogP contribution is -2.21. The molecule has 0 unspecified atom stereocenters. The van der Waals surface area contributed by atoms with Crippen molar-refractivity contribution in [3.63, 3.8) is 0 Å². The molecule has 3 heteroatoms. The van der Waals surface area contributed by atoms with Crippen LogP contribution in [0.5, 0.6) is 0 Å². The molecule has 0 aliphatic heterocycles. The molecule has 4 aromatic rings. The third-order valence-corrected chi connectivity index (χ3v) is 4.26. The standard InChI is InChI=1S/C22H18N2O/c25-22(24-19-13-12-16-6-1-2-8-18(16)14-19)15-23-21-11-5-9-17-7-3-4-10-20(17)21/h1-14,23H,15H2,(H,24,25). The largest absolute Gasteiger partial charge is 0.376 e. The summed E-state index contributed by atoms with van der Waals surface area (Å²) in [6.45, 7) is 0.223. The Labute approximate surface area is 146 Å². The Hall–Kier alpha value is -3.33. The lowest BCUT2D eigenvalue weighted by Gasteiger charge is -2.11. The van der Waals surface area contributed by atoms with E-state index in [0.717, 1.165) is 32.9 Å². The van der Waals surface area contributed by atoms with Gasteiger partial charge in [0.05, 0.1) is 6.54 Å². The normalized spacial score (nSPS) is 10.7. The molecular formula is C22H18N2O. The van der Waals surface area contributed by atoms with E-state index in [4.69, 9.17) is 0 Å². The third kappa shape index (κ3) is 3.31. The van der Waals surface area contributed by atoms with Crippen molar-refractivity contribution in [3.8, 4) is 0 Å². The van der Waals surface area contributed by atoms with Crippen LogP contribution in [0.2, 0.25) is 0 Å². The van der Waals surface area contributed by atoms with Gasteiger partial charge in [-0.2, -0.15) is 0 Å². The Morgan fingerprint density at radius 2 is 1.44 bits per heavy atom. The number of fused-ring (bicyclic) bond motifs is 2. The summed E-state index contributed by atoms with van der Waals surface area (Å²) in [5.74, 6) is -0.0665. The van der Waals surface area contributed by atoms with Crippen LogP contribution < -0.4 is 10.6 Å². The average Bonchev–Trinajstić information content (AvgIpc) is 2.66. The molecule has 1 amide bonds. The van der Waals surface area contributed by atoms with Crippen molar-refractivity contribution in [2.45, 2.75) is 0 Å². The first-order chi connectivity index (χ1) is 12.3. The van der Waals surface area contributed by atoms with Gasteiger partial charge >= 0.3 is 0 Å². The summed E-state index contributed by atoms with van der Waals surface area (Å²) >= 11 is 0. The molecule has 0 radical (unpaired) electrons. The first-order valence-corrected chi connectivity index (χ1v) is 8.30. The number of nitrogens with one attached hydrogen (secondary N) is 2. The zero-order valence-corrected chi connectivity index (χ0v) is 13.7. The lowest BCUT2D eigenvalue weighted by atomic mass is 10.1. The molecule has 0 fully saturated rings. The number of carbonyl (C=O) groups is 1. The quantitative estimate of drug-likeness (QED) is 0.551. The van der Waals surface area contributed by atoms with Crippen LogP contribution in [0.1, 0.15) is 0 Å². The van der Waals surface area contributed by atoms with Crippen LogP contribution in [-0.2, 0) is 4.79 Å². The van der Waals surface area contributed by atoms with Gasteiger partial charge in [0.1, 0.15) is 0 Å². The molecule has 0 aliphatic carbocycles. The molecular weight excluding hydrogens is 308 g/mol. The highest BCUT2D eigenvalue weighted by Gasteiger charge is 2.05. The van der Waals surface area contributed by atoms with Crippen LogP contribution in [0.25, 0.3) is 21.5 Å². The molecule has 0 aromatic heterocycles. The molecule has 0 atom stereocenters. The topological polar surface area (TPSA) is 41.1 Å². The SMILES string of the molecule is O=C(CNc1cccc2ccccc12)Nc1ccc2ccccc2c1. The Balaban J connectivity index is 1.46. The van der Waals surface area contributed by atoms with Gasteiger partial charge in [0.2, 0.25) is 5.91 Å². The number of anilines is 2. The first kappa shape index (κ1) is 15.2. The Kier molecular flexibility index (Phi) is 4.05. The van der Waals surface area contributed by atoms with Crippen molar-refractivity contribution in [1.29, 1.82) is 0 Å². The fraction of sp³-hybridized carbons (Fsp3) is 0.0455. The zero-order valence-electron chi connectivity index (χ0n) is 13.7. The molecule has 0 aliphatic rings. The van der Waals surface area contributed by atoms with E-state index in [2.05, 4.69) is 34.9 Å². The summed E-state index contributed by atoms with van der Waals surface area (Å²) < 4.78 is 0. The number of rotatable bonds is 4. The lowest BCUT2D eigenvalue weighted by molar-refractivity contribution is -0.114. The van der Waals surface area contributed by atoms with Crippen molar-refractivity contribution < 1.29 is 4.79 Å². The number of amides is 1. The molecule has 0 saturated heterocycles. The van der Waals surface area contributed by atoms with Crippen LogP contribution in [0, 0.1) is 0 Å². The second kappa shape index (κ2) is 6.65. The van der Waals surface area contributed by atoms with Crippen LogP contribution in [-0.4, -0.2) is 12.5 Å². The molecule has 122 valence electrons. The van der Waals surface area contributed by atoms with Gasteiger partial charge in [-0.3, -0.25) is 4.79 Å². The summed E-state index contributed by atoms with van der Waals surface area (Å²) in [7, 11) is 0. The maximum atomic E-state index is 12.3. The fourth-order valence-corrected chi connectivity index (χ4v) is 3.03. The van der Waals surface area contributed by atoms with Gasteiger partial charge in [-0.05, 0) is 34.4 Å². The molecule has 2 N–H and O–H groups in total. The minimum Gasteiger partial charge on any atom is -0.376 e. The van der Waals surface area contributed by atoms with E-state index in [1.165, 1.54) is 0 Å². The first-order valence-electron chi connectivity index (χ1n) is 8.30. The smallest absolute Gasteiger partial charge is 0.243 e. The third-order valence-electron chi connectivity index (χ3n) is 4.26. The van der Waals surface area contributed by atoms with Crippen molar-refractivity contribution in [2.75, 3.05) is 17.2 Å². The van der Waals surface area contributed by atoms with E-state index >= 15 is 0 Å². The number of carbonyl (C=O) groups excluding carboxylic acids is 1. The molecule has 0 bridgehead atoms. The van der Waals surface area contributed by atoms with Gasteiger partial charge in [0.25, 0.3) is 0 Å². The van der Waals surface area contributed by atoms with E-state index in [0.29, 0.717) is 0 Å². The molecule has 0 spiro atoms. The predicted molar refractivity (Wildman–Crippen MR) is 105 cm³/mol.